The van der Waals surface area contributed by atoms with Gasteiger partial charge in [-0.15, -0.1) is 0 Å². The van der Waals surface area contributed by atoms with Gasteiger partial charge in [0.15, 0.2) is 0 Å². The highest BCUT2D eigenvalue weighted by molar-refractivity contribution is 5.97. The molecule has 2 fully saturated rings. The van der Waals surface area contributed by atoms with E-state index in [9.17, 15) is 14.4 Å². The van der Waals surface area contributed by atoms with Crippen LogP contribution in [0.15, 0.2) is 24.3 Å². The van der Waals surface area contributed by atoms with Crippen LogP contribution in [0.4, 0.5) is 10.5 Å². The fourth-order valence-electron chi connectivity index (χ4n) is 3.58. The van der Waals surface area contributed by atoms with Crippen molar-refractivity contribution in [2.45, 2.75) is 25.3 Å². The van der Waals surface area contributed by atoms with Gasteiger partial charge in [-0.25, -0.2) is 4.79 Å². The molecule has 146 valence electrons. The minimum Gasteiger partial charge on any atom is -0.497 e. The fraction of sp³-hybridized carbons (Fsp3) is 0.526. The maximum absolute atomic E-state index is 12.5. The van der Waals surface area contributed by atoms with Crippen LogP contribution in [0.25, 0.3) is 0 Å². The Kier molecular flexibility index (Phi) is 5.83. The number of rotatable bonds is 4. The molecule has 8 heteroatoms. The number of likely N-dealkylation sites (tertiary alicyclic amines) is 1. The molecular weight excluding hydrogens is 350 g/mol. The van der Waals surface area contributed by atoms with Crippen LogP contribution in [-0.2, 0) is 14.3 Å². The summed E-state index contributed by atoms with van der Waals surface area (Å²) in [6.45, 7) is 1.44. The van der Waals surface area contributed by atoms with Crippen molar-refractivity contribution in [1.29, 1.82) is 0 Å². The van der Waals surface area contributed by atoms with Crippen LogP contribution in [0.2, 0.25) is 0 Å². The van der Waals surface area contributed by atoms with Crippen LogP contribution in [-0.4, -0.2) is 62.7 Å². The number of hydrogen-bond donors (Lipinski definition) is 1. The number of hydrogen-bond acceptors (Lipinski definition) is 5. The first-order valence-electron chi connectivity index (χ1n) is 9.09. The van der Waals surface area contributed by atoms with Crippen LogP contribution >= 0.6 is 0 Å². The zero-order valence-electron chi connectivity index (χ0n) is 15.6. The Morgan fingerprint density at radius 1 is 1.19 bits per heavy atom. The average Bonchev–Trinajstić information content (AvgIpc) is 3.07. The molecule has 1 atom stereocenters. The minimum atomic E-state index is -0.241. The van der Waals surface area contributed by atoms with Crippen molar-refractivity contribution in [3.05, 3.63) is 24.3 Å². The predicted molar refractivity (Wildman–Crippen MR) is 98.6 cm³/mol. The molecule has 1 unspecified atom stereocenters. The van der Waals surface area contributed by atoms with Gasteiger partial charge in [-0.1, -0.05) is 6.07 Å². The van der Waals surface area contributed by atoms with E-state index < -0.39 is 0 Å². The van der Waals surface area contributed by atoms with Gasteiger partial charge in [-0.3, -0.25) is 9.59 Å². The lowest BCUT2D eigenvalue weighted by molar-refractivity contribution is -0.146. The third-order valence-corrected chi connectivity index (χ3v) is 5.13. The molecule has 2 heterocycles. The summed E-state index contributed by atoms with van der Waals surface area (Å²) in [6.07, 6.45) is 1.46. The Morgan fingerprint density at radius 3 is 2.59 bits per heavy atom. The number of esters is 1. The van der Waals surface area contributed by atoms with E-state index in [1.54, 1.807) is 23.0 Å². The normalized spacial score (nSPS) is 20.5. The number of urea groups is 1. The molecule has 2 aliphatic heterocycles. The van der Waals surface area contributed by atoms with Gasteiger partial charge in [0.1, 0.15) is 5.75 Å². The van der Waals surface area contributed by atoms with E-state index >= 15 is 0 Å². The molecule has 0 spiro atoms. The van der Waals surface area contributed by atoms with Crippen molar-refractivity contribution in [2.75, 3.05) is 38.8 Å². The Hall–Kier alpha value is -2.77. The lowest BCUT2D eigenvalue weighted by atomic mass is 9.97. The number of nitrogens with one attached hydrogen (secondary N) is 1. The monoisotopic (exact) mass is 375 g/mol. The van der Waals surface area contributed by atoms with E-state index in [1.165, 1.54) is 7.11 Å². The van der Waals surface area contributed by atoms with Crippen molar-refractivity contribution >= 4 is 23.6 Å². The largest absolute Gasteiger partial charge is 0.497 e. The van der Waals surface area contributed by atoms with Crippen LogP contribution < -0.4 is 15.0 Å². The first-order valence-corrected chi connectivity index (χ1v) is 9.09. The van der Waals surface area contributed by atoms with Gasteiger partial charge in [0.25, 0.3) is 0 Å². The van der Waals surface area contributed by atoms with Gasteiger partial charge in [0.2, 0.25) is 5.91 Å². The summed E-state index contributed by atoms with van der Waals surface area (Å²) in [6, 6.07) is 6.88. The van der Waals surface area contributed by atoms with E-state index in [2.05, 4.69) is 5.32 Å². The highest BCUT2D eigenvalue weighted by Crippen LogP contribution is 2.26. The number of carbonyl (C=O) groups excluding carboxylic acids is 3. The number of amides is 3. The summed E-state index contributed by atoms with van der Waals surface area (Å²) >= 11 is 0. The molecule has 2 aliphatic rings. The second-order valence-electron chi connectivity index (χ2n) is 6.84. The van der Waals surface area contributed by atoms with Crippen molar-refractivity contribution < 1.29 is 23.9 Å². The summed E-state index contributed by atoms with van der Waals surface area (Å²) < 4.78 is 9.97. The summed E-state index contributed by atoms with van der Waals surface area (Å²) in [5.74, 6) is 0.292. The van der Waals surface area contributed by atoms with Crippen molar-refractivity contribution in [3.63, 3.8) is 0 Å². The first-order chi connectivity index (χ1) is 13.0. The molecule has 1 aromatic rings. The summed E-state index contributed by atoms with van der Waals surface area (Å²) in [5, 5.41) is 2.94. The molecule has 0 aromatic heterocycles. The van der Waals surface area contributed by atoms with Gasteiger partial charge in [-0.2, -0.15) is 0 Å². The summed E-state index contributed by atoms with van der Waals surface area (Å²) in [5.41, 5.74) is 0.759. The molecule has 8 nitrogen and oxygen atoms in total. The highest BCUT2D eigenvalue weighted by atomic mass is 16.5. The molecule has 1 N–H and O–H groups in total. The maximum atomic E-state index is 12.5. The number of carbonyl (C=O) groups is 3. The van der Waals surface area contributed by atoms with Gasteiger partial charge in [0, 0.05) is 37.8 Å². The molecule has 1 aromatic carbocycles. The fourth-order valence-corrected chi connectivity index (χ4v) is 3.58. The second kappa shape index (κ2) is 8.28. The SMILES string of the molecule is COC(=O)C1CCN(C(=O)NC2CC(=O)N(c3cccc(OC)c3)C2)CC1. The summed E-state index contributed by atoms with van der Waals surface area (Å²) in [7, 11) is 2.96. The molecule has 2 saturated heterocycles. The number of benzene rings is 1. The van der Waals surface area contributed by atoms with Crippen molar-refractivity contribution in [2.24, 2.45) is 5.92 Å². The average molecular weight is 375 g/mol. The van der Waals surface area contributed by atoms with E-state index in [4.69, 9.17) is 9.47 Å². The van der Waals surface area contributed by atoms with E-state index in [1.807, 2.05) is 18.2 Å². The molecule has 27 heavy (non-hydrogen) atoms. The number of methoxy groups -OCH3 is 2. The van der Waals surface area contributed by atoms with E-state index in [-0.39, 0.29) is 36.3 Å². The molecule has 0 bridgehead atoms. The van der Waals surface area contributed by atoms with E-state index in [0.717, 1.165) is 5.69 Å². The Labute approximate surface area is 158 Å². The van der Waals surface area contributed by atoms with E-state index in [0.29, 0.717) is 38.2 Å². The van der Waals surface area contributed by atoms with Crippen molar-refractivity contribution in [3.8, 4) is 5.75 Å². The quantitative estimate of drug-likeness (QED) is 0.804. The Morgan fingerprint density at radius 2 is 1.93 bits per heavy atom. The zero-order valence-corrected chi connectivity index (χ0v) is 15.6. The number of piperidine rings is 1. The Bertz CT molecular complexity index is 715. The Balaban J connectivity index is 1.54. The molecule has 0 saturated carbocycles. The lowest BCUT2D eigenvalue weighted by Crippen LogP contribution is -2.49. The molecule has 0 radical (unpaired) electrons. The van der Waals surface area contributed by atoms with Crippen LogP contribution in [0.1, 0.15) is 19.3 Å². The second-order valence-corrected chi connectivity index (χ2v) is 6.84. The number of anilines is 1. The molecule has 0 aliphatic carbocycles. The molecule has 3 amide bonds. The smallest absolute Gasteiger partial charge is 0.317 e. The van der Waals surface area contributed by atoms with Gasteiger partial charge in [-0.05, 0) is 25.0 Å². The van der Waals surface area contributed by atoms with Gasteiger partial charge >= 0.3 is 12.0 Å². The van der Waals surface area contributed by atoms with Crippen LogP contribution in [0.5, 0.6) is 5.75 Å². The van der Waals surface area contributed by atoms with Crippen molar-refractivity contribution in [1.82, 2.24) is 10.2 Å². The third kappa shape index (κ3) is 4.32. The molecular formula is C19H25N3O5. The van der Waals surface area contributed by atoms with Crippen LogP contribution in [0.3, 0.4) is 0 Å². The number of nitrogens with zero attached hydrogens (tertiary/aromatic N) is 2. The summed E-state index contributed by atoms with van der Waals surface area (Å²) in [4.78, 5) is 39.8. The lowest BCUT2D eigenvalue weighted by Gasteiger charge is -2.31. The van der Waals surface area contributed by atoms with Gasteiger partial charge in [0.05, 0.1) is 26.2 Å². The van der Waals surface area contributed by atoms with Gasteiger partial charge < -0.3 is 24.6 Å². The number of ether oxygens (including phenoxy) is 2. The minimum absolute atomic E-state index is 0.0297. The zero-order chi connectivity index (χ0) is 19.4. The third-order valence-electron chi connectivity index (χ3n) is 5.13. The highest BCUT2D eigenvalue weighted by Gasteiger charge is 2.34. The maximum Gasteiger partial charge on any atom is 0.317 e. The predicted octanol–water partition coefficient (Wildman–Crippen LogP) is 1.40. The van der Waals surface area contributed by atoms with Crippen LogP contribution in [0, 0.1) is 5.92 Å². The topological polar surface area (TPSA) is 88.2 Å². The first kappa shape index (κ1) is 19.0. The molecule has 3 rings (SSSR count). The standard InChI is InChI=1S/C19H25N3O5/c1-26-16-5-3-4-15(11-16)22-12-14(10-17(22)23)20-19(25)21-8-6-13(7-9-21)18(24)27-2/h3-5,11,13-14H,6-10,12H2,1-2H3,(H,20,25).